The summed E-state index contributed by atoms with van der Waals surface area (Å²) in [6.45, 7) is 3.09. The number of carbonyl (C=O) groups is 2. The third kappa shape index (κ3) is 5.53. The van der Waals surface area contributed by atoms with E-state index in [1.54, 1.807) is 16.2 Å². The molecule has 1 aromatic heterocycles. The Morgan fingerprint density at radius 1 is 1.03 bits per heavy atom. The molecule has 0 N–H and O–H groups in total. The summed E-state index contributed by atoms with van der Waals surface area (Å²) in [4.78, 5) is 32.5. The molecule has 0 spiro atoms. The minimum Gasteiger partial charge on any atom is -0.336 e. The fourth-order valence-corrected chi connectivity index (χ4v) is 6.60. The van der Waals surface area contributed by atoms with Crippen LogP contribution in [0.5, 0.6) is 0 Å². The van der Waals surface area contributed by atoms with Crippen LogP contribution in [0.25, 0.3) is 0 Å². The monoisotopic (exact) mass is 461 g/mol. The molecule has 4 rings (SSSR count). The molecule has 31 heavy (non-hydrogen) atoms. The lowest BCUT2D eigenvalue weighted by atomic mass is 10.1. The molecule has 0 saturated carbocycles. The average molecular weight is 462 g/mol. The number of amides is 2. The molecule has 9 heteroatoms. The summed E-state index contributed by atoms with van der Waals surface area (Å²) in [6, 6.07) is 12.9. The van der Waals surface area contributed by atoms with Gasteiger partial charge in [-0.15, -0.1) is 11.3 Å². The summed E-state index contributed by atoms with van der Waals surface area (Å²) in [5, 5.41) is 1.96. The predicted octanol–water partition coefficient (Wildman–Crippen LogP) is 1.72. The second kappa shape index (κ2) is 9.50. The molecule has 1 atom stereocenters. The standard InChI is InChI=1S/C22H27N3O4S2/c26-21(25(15-20-7-4-13-30-20)19-8-14-31(28,29)17-19)16-23-9-11-24(12-10-23)22(27)18-5-2-1-3-6-18/h1-7,13,19H,8-12,14-17H2/t19-/m1/s1. The first-order valence-corrected chi connectivity index (χ1v) is 13.2. The van der Waals surface area contributed by atoms with Gasteiger partial charge in [-0.1, -0.05) is 24.3 Å². The van der Waals surface area contributed by atoms with Crippen molar-refractivity contribution < 1.29 is 18.0 Å². The summed E-state index contributed by atoms with van der Waals surface area (Å²) in [5.74, 6) is 0.163. The zero-order valence-corrected chi connectivity index (χ0v) is 19.0. The number of carbonyl (C=O) groups excluding carboxylic acids is 2. The molecule has 0 radical (unpaired) electrons. The Labute approximate surface area is 187 Å². The SMILES string of the molecule is O=C(c1ccccc1)N1CCN(CC(=O)N(Cc2cccs2)[C@@H]2CCS(=O)(=O)C2)CC1. The molecule has 166 valence electrons. The van der Waals surface area contributed by atoms with Crippen molar-refractivity contribution in [3.8, 4) is 0 Å². The topological polar surface area (TPSA) is 78.0 Å². The maximum absolute atomic E-state index is 13.2. The van der Waals surface area contributed by atoms with Crippen LogP contribution in [0.2, 0.25) is 0 Å². The lowest BCUT2D eigenvalue weighted by Crippen LogP contribution is -2.52. The number of hydrogen-bond acceptors (Lipinski definition) is 6. The van der Waals surface area contributed by atoms with Crippen molar-refractivity contribution in [3.05, 3.63) is 58.3 Å². The van der Waals surface area contributed by atoms with E-state index in [0.29, 0.717) is 44.7 Å². The highest BCUT2D eigenvalue weighted by atomic mass is 32.2. The van der Waals surface area contributed by atoms with Crippen molar-refractivity contribution in [2.24, 2.45) is 0 Å². The summed E-state index contributed by atoms with van der Waals surface area (Å²) in [7, 11) is -3.08. The van der Waals surface area contributed by atoms with Crippen LogP contribution in [0.4, 0.5) is 0 Å². The molecule has 3 heterocycles. The molecule has 2 saturated heterocycles. The van der Waals surface area contributed by atoms with Crippen molar-refractivity contribution in [2.75, 3.05) is 44.2 Å². The maximum Gasteiger partial charge on any atom is 0.253 e. The average Bonchev–Trinajstić information content (AvgIpc) is 3.41. The predicted molar refractivity (Wildman–Crippen MR) is 121 cm³/mol. The normalized spacial score (nSPS) is 21.2. The molecule has 2 amide bonds. The molecule has 0 unspecified atom stereocenters. The zero-order valence-electron chi connectivity index (χ0n) is 17.4. The summed E-state index contributed by atoms with van der Waals surface area (Å²) in [5.41, 5.74) is 0.677. The number of nitrogens with zero attached hydrogens (tertiary/aromatic N) is 3. The number of benzene rings is 1. The van der Waals surface area contributed by atoms with Crippen molar-refractivity contribution >= 4 is 33.0 Å². The highest BCUT2D eigenvalue weighted by molar-refractivity contribution is 7.91. The van der Waals surface area contributed by atoms with Gasteiger partial charge in [0.05, 0.1) is 24.6 Å². The largest absolute Gasteiger partial charge is 0.336 e. The third-order valence-corrected chi connectivity index (χ3v) is 8.53. The maximum atomic E-state index is 13.2. The first-order chi connectivity index (χ1) is 14.9. The molecule has 0 aliphatic carbocycles. The highest BCUT2D eigenvalue weighted by Gasteiger charge is 2.35. The van der Waals surface area contributed by atoms with E-state index in [4.69, 9.17) is 0 Å². The van der Waals surface area contributed by atoms with Crippen LogP contribution in [-0.2, 0) is 21.2 Å². The molecule has 0 bridgehead atoms. The van der Waals surface area contributed by atoms with E-state index in [1.165, 1.54) is 0 Å². The van der Waals surface area contributed by atoms with Gasteiger partial charge in [0.15, 0.2) is 9.84 Å². The van der Waals surface area contributed by atoms with Gasteiger partial charge in [-0.05, 0) is 30.0 Å². The quantitative estimate of drug-likeness (QED) is 0.655. The van der Waals surface area contributed by atoms with Crippen molar-refractivity contribution in [3.63, 3.8) is 0 Å². The minimum absolute atomic E-state index is 0.0158. The Kier molecular flexibility index (Phi) is 6.74. The van der Waals surface area contributed by atoms with Gasteiger partial charge in [-0.2, -0.15) is 0 Å². The Bertz CT molecular complexity index is 1000. The summed E-state index contributed by atoms with van der Waals surface area (Å²) >= 11 is 1.57. The second-order valence-electron chi connectivity index (χ2n) is 8.09. The fraction of sp³-hybridized carbons (Fsp3) is 0.455. The molecule has 2 aliphatic heterocycles. The Morgan fingerprint density at radius 3 is 2.39 bits per heavy atom. The second-order valence-corrected chi connectivity index (χ2v) is 11.4. The van der Waals surface area contributed by atoms with Crippen LogP contribution in [0, 0.1) is 0 Å². The highest BCUT2D eigenvalue weighted by Crippen LogP contribution is 2.22. The van der Waals surface area contributed by atoms with Crippen LogP contribution in [0.1, 0.15) is 21.7 Å². The van der Waals surface area contributed by atoms with E-state index in [-0.39, 0.29) is 35.9 Å². The molecule has 1 aromatic carbocycles. The van der Waals surface area contributed by atoms with Gasteiger partial charge in [0.1, 0.15) is 0 Å². The number of thiophene rings is 1. The number of piperazine rings is 1. The van der Waals surface area contributed by atoms with Gasteiger partial charge < -0.3 is 9.80 Å². The Balaban J connectivity index is 1.36. The third-order valence-electron chi connectivity index (χ3n) is 5.91. The number of sulfone groups is 1. The van der Waals surface area contributed by atoms with Crippen molar-refractivity contribution in [2.45, 2.75) is 19.0 Å². The summed E-state index contributed by atoms with van der Waals surface area (Å²) < 4.78 is 24.0. The van der Waals surface area contributed by atoms with E-state index in [0.717, 1.165) is 4.88 Å². The van der Waals surface area contributed by atoms with Gasteiger partial charge in [0.2, 0.25) is 5.91 Å². The van der Waals surface area contributed by atoms with Crippen molar-refractivity contribution in [1.82, 2.24) is 14.7 Å². The zero-order chi connectivity index (χ0) is 21.8. The lowest BCUT2D eigenvalue weighted by Gasteiger charge is -2.36. The fourth-order valence-electron chi connectivity index (χ4n) is 4.17. The Morgan fingerprint density at radius 2 is 1.77 bits per heavy atom. The van der Waals surface area contributed by atoms with E-state index >= 15 is 0 Å². The van der Waals surface area contributed by atoms with Crippen LogP contribution in [-0.4, -0.2) is 85.2 Å². The molecule has 2 aromatic rings. The van der Waals surface area contributed by atoms with Crippen molar-refractivity contribution in [1.29, 1.82) is 0 Å². The first kappa shape index (κ1) is 22.0. The van der Waals surface area contributed by atoms with Gasteiger partial charge >= 0.3 is 0 Å². The van der Waals surface area contributed by atoms with Crippen LogP contribution >= 0.6 is 11.3 Å². The van der Waals surface area contributed by atoms with Crippen LogP contribution < -0.4 is 0 Å². The van der Waals surface area contributed by atoms with E-state index in [1.807, 2.05) is 52.7 Å². The molecular formula is C22H27N3O4S2. The minimum atomic E-state index is -3.08. The first-order valence-electron chi connectivity index (χ1n) is 10.5. The number of hydrogen-bond donors (Lipinski definition) is 0. The van der Waals surface area contributed by atoms with Gasteiger partial charge in [-0.3, -0.25) is 14.5 Å². The van der Waals surface area contributed by atoms with Gasteiger partial charge in [-0.25, -0.2) is 8.42 Å². The van der Waals surface area contributed by atoms with Crippen LogP contribution in [0.3, 0.4) is 0 Å². The molecular weight excluding hydrogens is 434 g/mol. The van der Waals surface area contributed by atoms with Gasteiger partial charge in [0, 0.05) is 42.7 Å². The summed E-state index contributed by atoms with van der Waals surface area (Å²) in [6.07, 6.45) is 0.499. The number of rotatable bonds is 6. The van der Waals surface area contributed by atoms with Crippen LogP contribution in [0.15, 0.2) is 47.8 Å². The molecule has 2 aliphatic rings. The van der Waals surface area contributed by atoms with E-state index < -0.39 is 9.84 Å². The van der Waals surface area contributed by atoms with E-state index in [9.17, 15) is 18.0 Å². The van der Waals surface area contributed by atoms with E-state index in [2.05, 4.69) is 4.90 Å². The smallest absolute Gasteiger partial charge is 0.253 e. The lowest BCUT2D eigenvalue weighted by molar-refractivity contribution is -0.135. The van der Waals surface area contributed by atoms with Gasteiger partial charge in [0.25, 0.3) is 5.91 Å². The molecule has 2 fully saturated rings. The molecule has 7 nitrogen and oxygen atoms in total. The Hall–Kier alpha value is -2.23.